The molecule has 3 atom stereocenters. The van der Waals surface area contributed by atoms with Crippen LogP contribution < -0.4 is 10.6 Å². The number of anilines is 1. The van der Waals surface area contributed by atoms with Gasteiger partial charge in [-0.15, -0.1) is 0 Å². The second-order valence-electron chi connectivity index (χ2n) is 8.22. The number of amides is 1. The molecule has 0 aromatic carbocycles. The Bertz CT molecular complexity index is 980. The van der Waals surface area contributed by atoms with Crippen molar-refractivity contribution in [3.05, 3.63) is 40.8 Å². The van der Waals surface area contributed by atoms with Crippen molar-refractivity contribution in [1.29, 1.82) is 0 Å². The molecule has 3 N–H and O–H groups in total. The summed E-state index contributed by atoms with van der Waals surface area (Å²) in [5, 5.41) is 16.8. The third kappa shape index (κ3) is 4.67. The first-order valence-corrected chi connectivity index (χ1v) is 10.7. The van der Waals surface area contributed by atoms with Crippen LogP contribution in [0, 0.1) is 5.92 Å². The molecule has 0 saturated heterocycles. The molecule has 2 aromatic rings. The van der Waals surface area contributed by atoms with Crippen LogP contribution >= 0.6 is 11.6 Å². The van der Waals surface area contributed by atoms with Crippen LogP contribution in [-0.2, 0) is 11.3 Å². The molecule has 0 radical (unpaired) electrons. The molecule has 9 nitrogen and oxygen atoms in total. The average Bonchev–Trinajstić information content (AvgIpc) is 3.24. The largest absolute Gasteiger partial charge is 0.464 e. The van der Waals surface area contributed by atoms with Crippen molar-refractivity contribution < 1.29 is 23.8 Å². The van der Waals surface area contributed by atoms with E-state index in [1.165, 1.54) is 19.6 Å². The molecule has 2 saturated carbocycles. The van der Waals surface area contributed by atoms with E-state index >= 15 is 0 Å². The highest BCUT2D eigenvalue weighted by Gasteiger charge is 2.43. The van der Waals surface area contributed by atoms with E-state index in [-0.39, 0.29) is 46.8 Å². The second kappa shape index (κ2) is 8.84. The maximum absolute atomic E-state index is 12.9. The zero-order chi connectivity index (χ0) is 22.0. The summed E-state index contributed by atoms with van der Waals surface area (Å²) in [6.45, 7) is -0.00268. The molecule has 0 spiro atoms. The van der Waals surface area contributed by atoms with Gasteiger partial charge < -0.3 is 24.9 Å². The summed E-state index contributed by atoms with van der Waals surface area (Å²) in [5.74, 6) is -0.528. The van der Waals surface area contributed by atoms with Crippen LogP contribution in [0.4, 0.5) is 5.69 Å². The van der Waals surface area contributed by atoms with Crippen molar-refractivity contribution in [3.8, 4) is 0 Å². The van der Waals surface area contributed by atoms with E-state index < -0.39 is 5.97 Å². The highest BCUT2D eigenvalue weighted by atomic mass is 35.5. The van der Waals surface area contributed by atoms with Crippen LogP contribution in [0.5, 0.6) is 0 Å². The summed E-state index contributed by atoms with van der Waals surface area (Å²) >= 11 is 6.12. The monoisotopic (exact) mass is 448 g/mol. The SMILES string of the molecule is COC(=O)c1coc(CNC(=O)c2cnc(Cl)cc2NC23CCCC(C2)C(O)CC3)n1. The number of hydrogen-bond donors (Lipinski definition) is 3. The summed E-state index contributed by atoms with van der Waals surface area (Å²) in [4.78, 5) is 32.4. The molecule has 31 heavy (non-hydrogen) atoms. The number of halogens is 1. The number of hydrogen-bond acceptors (Lipinski definition) is 8. The Labute approximate surface area is 184 Å². The standard InChI is InChI=1S/C21H25ClN4O5/c1-30-20(29)15-11-31-18(25-15)10-24-19(28)13-9-23-17(22)7-14(13)26-21-5-2-3-12(8-21)16(27)4-6-21/h7,9,11-12,16,27H,2-6,8,10H2,1H3,(H,23,26)(H,24,28). The number of pyridine rings is 1. The topological polar surface area (TPSA) is 127 Å². The highest BCUT2D eigenvalue weighted by molar-refractivity contribution is 6.29. The summed E-state index contributed by atoms with van der Waals surface area (Å²) in [6.07, 6.45) is 7.83. The van der Waals surface area contributed by atoms with E-state index in [1.807, 2.05) is 0 Å². The maximum atomic E-state index is 12.9. The summed E-state index contributed by atoms with van der Waals surface area (Å²) in [6, 6.07) is 1.65. The summed E-state index contributed by atoms with van der Waals surface area (Å²) in [7, 11) is 1.25. The van der Waals surface area contributed by atoms with Crippen LogP contribution in [0.15, 0.2) is 22.9 Å². The fourth-order valence-electron chi connectivity index (χ4n) is 4.64. The van der Waals surface area contributed by atoms with Crippen molar-refractivity contribution in [2.75, 3.05) is 12.4 Å². The van der Waals surface area contributed by atoms with Crippen molar-refractivity contribution in [1.82, 2.24) is 15.3 Å². The van der Waals surface area contributed by atoms with Gasteiger partial charge in [0.25, 0.3) is 5.91 Å². The smallest absolute Gasteiger partial charge is 0.360 e. The number of aliphatic hydroxyl groups excluding tert-OH is 1. The molecule has 166 valence electrons. The lowest BCUT2D eigenvalue weighted by Crippen LogP contribution is -2.50. The number of carbonyl (C=O) groups excluding carboxylic acids is 2. The minimum atomic E-state index is -0.614. The Kier molecular flexibility index (Phi) is 6.15. The van der Waals surface area contributed by atoms with Gasteiger partial charge in [0.2, 0.25) is 5.89 Å². The first-order chi connectivity index (χ1) is 14.9. The Morgan fingerprint density at radius 1 is 1.39 bits per heavy atom. The quantitative estimate of drug-likeness (QED) is 0.454. The molecule has 4 rings (SSSR count). The lowest BCUT2D eigenvalue weighted by atomic mass is 9.66. The molecule has 1 amide bonds. The number of carbonyl (C=O) groups is 2. The van der Waals surface area contributed by atoms with Gasteiger partial charge in [0.1, 0.15) is 11.4 Å². The lowest BCUT2D eigenvalue weighted by molar-refractivity contribution is 0.0170. The number of oxazole rings is 1. The molecule has 2 aliphatic carbocycles. The van der Waals surface area contributed by atoms with Crippen LogP contribution in [0.1, 0.15) is 65.3 Å². The number of rotatable bonds is 6. The van der Waals surface area contributed by atoms with Crippen LogP contribution in [0.2, 0.25) is 5.15 Å². The van der Waals surface area contributed by atoms with E-state index in [9.17, 15) is 14.7 Å². The Morgan fingerprint density at radius 3 is 3.03 bits per heavy atom. The number of nitrogens with one attached hydrogen (secondary N) is 2. The Hall–Kier alpha value is -2.65. The van der Waals surface area contributed by atoms with Crippen molar-refractivity contribution >= 4 is 29.2 Å². The van der Waals surface area contributed by atoms with Gasteiger partial charge in [-0.05, 0) is 44.1 Å². The fourth-order valence-corrected chi connectivity index (χ4v) is 4.80. The first-order valence-electron chi connectivity index (χ1n) is 10.3. The molecular weight excluding hydrogens is 424 g/mol. The van der Waals surface area contributed by atoms with Gasteiger partial charge in [-0.3, -0.25) is 4.79 Å². The second-order valence-corrected chi connectivity index (χ2v) is 8.61. The normalized spacial score (nSPS) is 25.0. The minimum Gasteiger partial charge on any atom is -0.464 e. The van der Waals surface area contributed by atoms with E-state index in [4.69, 9.17) is 16.0 Å². The molecule has 2 aliphatic rings. The third-order valence-electron chi connectivity index (χ3n) is 6.21. The Morgan fingerprint density at radius 2 is 2.23 bits per heavy atom. The predicted molar refractivity (Wildman–Crippen MR) is 112 cm³/mol. The summed E-state index contributed by atoms with van der Waals surface area (Å²) in [5.41, 5.74) is 0.830. The molecule has 0 aliphatic heterocycles. The number of esters is 1. The van der Waals surface area contributed by atoms with Crippen LogP contribution in [0.25, 0.3) is 0 Å². The van der Waals surface area contributed by atoms with Crippen molar-refractivity contribution in [3.63, 3.8) is 0 Å². The number of ether oxygens (including phenoxy) is 1. The van der Waals surface area contributed by atoms with Crippen molar-refractivity contribution in [2.24, 2.45) is 5.92 Å². The van der Waals surface area contributed by atoms with E-state index in [0.717, 1.165) is 38.5 Å². The average molecular weight is 449 g/mol. The zero-order valence-corrected chi connectivity index (χ0v) is 17.9. The molecule has 10 heteroatoms. The van der Waals surface area contributed by atoms with Gasteiger partial charge in [-0.25, -0.2) is 14.8 Å². The number of aliphatic hydroxyl groups is 1. The van der Waals surface area contributed by atoms with Crippen LogP contribution in [-0.4, -0.2) is 45.7 Å². The number of nitrogens with zero attached hydrogens (tertiary/aromatic N) is 2. The number of methoxy groups -OCH3 is 1. The Balaban J connectivity index is 1.48. The molecule has 2 fully saturated rings. The molecule has 2 heterocycles. The van der Waals surface area contributed by atoms with Gasteiger partial charge in [-0.1, -0.05) is 18.0 Å². The van der Waals surface area contributed by atoms with E-state index in [2.05, 4.69) is 25.3 Å². The molecule has 2 aromatic heterocycles. The van der Waals surface area contributed by atoms with E-state index in [1.54, 1.807) is 6.07 Å². The highest BCUT2D eigenvalue weighted by Crippen LogP contribution is 2.45. The minimum absolute atomic E-state index is 0.00268. The van der Waals surface area contributed by atoms with Crippen molar-refractivity contribution in [2.45, 2.75) is 56.7 Å². The molecular formula is C21H25ClN4O5. The lowest BCUT2D eigenvalue weighted by Gasteiger charge is -2.48. The fraction of sp³-hybridized carbons (Fsp3) is 0.524. The summed E-state index contributed by atoms with van der Waals surface area (Å²) < 4.78 is 9.79. The van der Waals surface area contributed by atoms with Crippen LogP contribution in [0.3, 0.4) is 0 Å². The molecule has 2 bridgehead atoms. The first kappa shape index (κ1) is 21.6. The van der Waals surface area contributed by atoms with Gasteiger partial charge >= 0.3 is 5.97 Å². The molecule has 3 unspecified atom stereocenters. The van der Waals surface area contributed by atoms with E-state index in [0.29, 0.717) is 11.3 Å². The van der Waals surface area contributed by atoms with Gasteiger partial charge in [0, 0.05) is 11.7 Å². The van der Waals surface area contributed by atoms with Gasteiger partial charge in [-0.2, -0.15) is 0 Å². The van der Waals surface area contributed by atoms with Gasteiger partial charge in [0.15, 0.2) is 5.69 Å². The predicted octanol–water partition coefficient (Wildman–Crippen LogP) is 2.94. The third-order valence-corrected chi connectivity index (χ3v) is 6.41. The number of aromatic nitrogens is 2. The number of fused-ring (bicyclic) bond motifs is 2. The van der Waals surface area contributed by atoms with Gasteiger partial charge in [0.05, 0.1) is 31.0 Å². The maximum Gasteiger partial charge on any atom is 0.360 e. The zero-order valence-electron chi connectivity index (χ0n) is 17.2.